The van der Waals surface area contributed by atoms with Gasteiger partial charge < -0.3 is 4.52 Å². The number of pyridine rings is 1. The minimum atomic E-state index is -0.0822. The van der Waals surface area contributed by atoms with Gasteiger partial charge in [-0.1, -0.05) is 47.3 Å². The second-order valence-electron chi connectivity index (χ2n) is 6.35. The number of hydrogen-bond donors (Lipinski definition) is 0. The number of thioether (sulfide) groups is 1. The Hall–Kier alpha value is -2.65. The Morgan fingerprint density at radius 3 is 2.77 bits per heavy atom. The lowest BCUT2D eigenvalue weighted by molar-refractivity contribution is 0.380. The zero-order valence-corrected chi connectivity index (χ0v) is 15.3. The molecule has 130 valence electrons. The molecule has 0 aliphatic heterocycles. The van der Waals surface area contributed by atoms with Gasteiger partial charge in [0, 0.05) is 11.3 Å². The van der Waals surface area contributed by atoms with E-state index in [1.807, 2.05) is 43.3 Å². The van der Waals surface area contributed by atoms with Gasteiger partial charge in [-0.15, -0.1) is 0 Å². The van der Waals surface area contributed by atoms with Gasteiger partial charge in [0.25, 0.3) is 0 Å². The molecule has 1 unspecified atom stereocenters. The fourth-order valence-corrected chi connectivity index (χ4v) is 4.03. The molecule has 0 bridgehead atoms. The first kappa shape index (κ1) is 16.8. The first-order chi connectivity index (χ1) is 12.7. The molecule has 3 aromatic rings. The summed E-state index contributed by atoms with van der Waals surface area (Å²) in [6.45, 7) is 2.00. The summed E-state index contributed by atoms with van der Waals surface area (Å²) in [6.07, 6.45) is 4.34. The van der Waals surface area contributed by atoms with E-state index in [0.717, 1.165) is 35.5 Å². The molecule has 0 saturated heterocycles. The molecule has 4 rings (SSSR count). The number of aromatic nitrogens is 3. The summed E-state index contributed by atoms with van der Waals surface area (Å²) in [5.74, 6) is 1.12. The van der Waals surface area contributed by atoms with E-state index in [4.69, 9.17) is 9.51 Å². The fourth-order valence-electron chi connectivity index (χ4n) is 3.11. The molecule has 2 aromatic heterocycles. The van der Waals surface area contributed by atoms with Crippen molar-refractivity contribution in [2.75, 3.05) is 0 Å². The van der Waals surface area contributed by atoms with Gasteiger partial charge in [-0.05, 0) is 44.2 Å². The summed E-state index contributed by atoms with van der Waals surface area (Å²) < 4.78 is 5.45. The Kier molecular flexibility index (Phi) is 4.72. The maximum Gasteiger partial charge on any atom is 0.240 e. The first-order valence-electron chi connectivity index (χ1n) is 8.73. The molecule has 1 aliphatic rings. The Morgan fingerprint density at radius 1 is 1.15 bits per heavy atom. The van der Waals surface area contributed by atoms with Gasteiger partial charge in [0.05, 0.1) is 10.8 Å². The van der Waals surface area contributed by atoms with Crippen LogP contribution in [-0.4, -0.2) is 15.1 Å². The number of nitrogens with zero attached hydrogens (tertiary/aromatic N) is 4. The van der Waals surface area contributed by atoms with Crippen LogP contribution in [0.15, 0.2) is 45.9 Å². The van der Waals surface area contributed by atoms with E-state index >= 15 is 0 Å². The lowest BCUT2D eigenvalue weighted by Crippen LogP contribution is -2.07. The largest absolute Gasteiger partial charge is 0.338 e. The highest BCUT2D eigenvalue weighted by Crippen LogP contribution is 2.36. The molecular weight excluding hydrogens is 344 g/mol. The van der Waals surface area contributed by atoms with Crippen molar-refractivity contribution in [2.45, 2.75) is 42.9 Å². The molecule has 1 atom stereocenters. The van der Waals surface area contributed by atoms with Crippen LogP contribution in [0.1, 0.15) is 47.7 Å². The van der Waals surface area contributed by atoms with Crippen molar-refractivity contribution < 1.29 is 4.52 Å². The van der Waals surface area contributed by atoms with Crippen molar-refractivity contribution >= 4 is 11.8 Å². The number of nitriles is 1. The predicted molar refractivity (Wildman–Crippen MR) is 99.6 cm³/mol. The van der Waals surface area contributed by atoms with Crippen molar-refractivity contribution in [3.05, 3.63) is 59.1 Å². The summed E-state index contributed by atoms with van der Waals surface area (Å²) in [7, 11) is 0. The lowest BCUT2D eigenvalue weighted by atomic mass is 9.95. The third-order valence-corrected chi connectivity index (χ3v) is 5.59. The molecule has 26 heavy (non-hydrogen) atoms. The second-order valence-corrected chi connectivity index (χ2v) is 7.68. The highest BCUT2D eigenvalue weighted by Gasteiger charge is 2.21. The van der Waals surface area contributed by atoms with Crippen molar-refractivity contribution in [1.29, 1.82) is 5.26 Å². The van der Waals surface area contributed by atoms with E-state index in [1.165, 1.54) is 23.7 Å². The maximum atomic E-state index is 9.50. The summed E-state index contributed by atoms with van der Waals surface area (Å²) >= 11 is 1.50. The predicted octanol–water partition coefficient (Wildman–Crippen LogP) is 4.74. The average molecular weight is 362 g/mol. The van der Waals surface area contributed by atoms with E-state index in [0.29, 0.717) is 17.3 Å². The van der Waals surface area contributed by atoms with Gasteiger partial charge in [-0.25, -0.2) is 4.98 Å². The third-order valence-electron chi connectivity index (χ3n) is 4.50. The van der Waals surface area contributed by atoms with Gasteiger partial charge in [0.15, 0.2) is 0 Å². The first-order valence-corrected chi connectivity index (χ1v) is 9.61. The zero-order valence-electron chi connectivity index (χ0n) is 14.5. The number of benzene rings is 1. The number of rotatable bonds is 4. The van der Waals surface area contributed by atoms with Crippen molar-refractivity contribution in [3.8, 4) is 17.5 Å². The minimum Gasteiger partial charge on any atom is -0.338 e. The quantitative estimate of drug-likeness (QED) is 0.624. The zero-order chi connectivity index (χ0) is 17.9. The van der Waals surface area contributed by atoms with Gasteiger partial charge in [0.1, 0.15) is 11.1 Å². The topological polar surface area (TPSA) is 75.6 Å². The molecule has 6 heteroatoms. The summed E-state index contributed by atoms with van der Waals surface area (Å²) in [5, 5.41) is 14.2. The smallest absolute Gasteiger partial charge is 0.240 e. The molecule has 0 amide bonds. The SMILES string of the molecule is CC(Sc1nc2c(cc1C#N)CCCC2)c1nc(-c2ccccc2)no1. The molecule has 0 N–H and O–H groups in total. The van der Waals surface area contributed by atoms with E-state index in [-0.39, 0.29) is 5.25 Å². The Labute approximate surface area is 156 Å². The third kappa shape index (κ3) is 3.35. The van der Waals surface area contributed by atoms with E-state index in [1.54, 1.807) is 0 Å². The molecule has 2 heterocycles. The van der Waals surface area contributed by atoms with Crippen LogP contribution in [0, 0.1) is 11.3 Å². The van der Waals surface area contributed by atoms with Crippen LogP contribution < -0.4 is 0 Å². The van der Waals surface area contributed by atoms with Crippen LogP contribution >= 0.6 is 11.8 Å². The highest BCUT2D eigenvalue weighted by atomic mass is 32.2. The summed E-state index contributed by atoms with van der Waals surface area (Å²) in [6, 6.07) is 14.0. The molecular formula is C20H18N4OS. The standard InChI is InChI=1S/C20H18N4OS/c1-13(19-23-18(24-25-19)14-7-3-2-4-8-14)26-20-16(12-21)11-15-9-5-6-10-17(15)22-20/h2-4,7-8,11,13H,5-6,9-10H2,1H3. The Morgan fingerprint density at radius 2 is 1.96 bits per heavy atom. The maximum absolute atomic E-state index is 9.50. The normalized spacial score (nSPS) is 14.5. The van der Waals surface area contributed by atoms with Crippen molar-refractivity contribution in [1.82, 2.24) is 15.1 Å². The van der Waals surface area contributed by atoms with E-state index < -0.39 is 0 Å². The Bertz CT molecular complexity index is 962. The highest BCUT2D eigenvalue weighted by molar-refractivity contribution is 7.99. The number of fused-ring (bicyclic) bond motifs is 1. The molecule has 1 aromatic carbocycles. The monoisotopic (exact) mass is 362 g/mol. The fraction of sp³-hybridized carbons (Fsp3) is 0.300. The van der Waals surface area contributed by atoms with Crippen molar-refractivity contribution in [2.24, 2.45) is 0 Å². The summed E-state index contributed by atoms with van der Waals surface area (Å²) in [5.41, 5.74) is 3.89. The second kappa shape index (κ2) is 7.30. The lowest BCUT2D eigenvalue weighted by Gasteiger charge is -2.17. The van der Waals surface area contributed by atoms with Gasteiger partial charge in [0.2, 0.25) is 11.7 Å². The van der Waals surface area contributed by atoms with Crippen LogP contribution in [0.3, 0.4) is 0 Å². The van der Waals surface area contributed by atoms with Crippen LogP contribution in [0.25, 0.3) is 11.4 Å². The number of aryl methyl sites for hydroxylation is 2. The molecule has 0 saturated carbocycles. The molecule has 0 spiro atoms. The molecule has 1 aliphatic carbocycles. The van der Waals surface area contributed by atoms with Crippen LogP contribution in [0.4, 0.5) is 0 Å². The minimum absolute atomic E-state index is 0.0822. The average Bonchev–Trinajstić information content (AvgIpc) is 3.18. The van der Waals surface area contributed by atoms with Gasteiger partial charge in [-0.2, -0.15) is 10.2 Å². The molecule has 0 radical (unpaired) electrons. The van der Waals surface area contributed by atoms with Crippen LogP contribution in [-0.2, 0) is 12.8 Å². The van der Waals surface area contributed by atoms with Crippen molar-refractivity contribution in [3.63, 3.8) is 0 Å². The molecule has 5 nitrogen and oxygen atoms in total. The summed E-state index contributed by atoms with van der Waals surface area (Å²) in [4.78, 5) is 9.28. The number of hydrogen-bond acceptors (Lipinski definition) is 6. The Balaban J connectivity index is 1.58. The van der Waals surface area contributed by atoms with Gasteiger partial charge in [-0.3, -0.25) is 0 Å². The van der Waals surface area contributed by atoms with Crippen LogP contribution in [0.2, 0.25) is 0 Å². The van der Waals surface area contributed by atoms with Crippen LogP contribution in [0.5, 0.6) is 0 Å². The van der Waals surface area contributed by atoms with E-state index in [9.17, 15) is 5.26 Å². The van der Waals surface area contributed by atoms with E-state index in [2.05, 4.69) is 16.2 Å². The molecule has 0 fully saturated rings. The van der Waals surface area contributed by atoms with Gasteiger partial charge >= 0.3 is 0 Å².